The van der Waals surface area contributed by atoms with Crippen LogP contribution in [-0.2, 0) is 6.42 Å². The first-order chi connectivity index (χ1) is 9.61. The molecule has 1 N–H and O–H groups in total. The molecule has 0 spiro atoms. The molecule has 0 aliphatic heterocycles. The smallest absolute Gasteiger partial charge is 0.122 e. The standard InChI is InChI=1S/C18H33NOSi/c1-18(2,3)19-13-15(14-21(5,6)7)12-16-10-8-9-11-17(16)20-4/h8-11,15,19H,12-14H2,1-7H3. The van der Waals surface area contributed by atoms with Crippen molar-refractivity contribution < 1.29 is 4.74 Å². The van der Waals surface area contributed by atoms with E-state index in [1.807, 2.05) is 6.07 Å². The molecule has 1 unspecified atom stereocenters. The second kappa shape index (κ2) is 7.46. The molecule has 1 rings (SSSR count). The molecule has 0 bridgehead atoms. The Balaban J connectivity index is 2.81. The van der Waals surface area contributed by atoms with Crippen molar-refractivity contribution in [2.24, 2.45) is 5.92 Å². The molecule has 0 heterocycles. The molecule has 120 valence electrons. The highest BCUT2D eigenvalue weighted by molar-refractivity contribution is 6.76. The van der Waals surface area contributed by atoms with Gasteiger partial charge in [0.1, 0.15) is 5.75 Å². The van der Waals surface area contributed by atoms with E-state index in [1.165, 1.54) is 11.6 Å². The summed E-state index contributed by atoms with van der Waals surface area (Å²) in [5.74, 6) is 1.70. The molecule has 0 aromatic heterocycles. The zero-order chi connectivity index (χ0) is 16.1. The number of benzene rings is 1. The second-order valence-electron chi connectivity index (χ2n) is 8.28. The van der Waals surface area contributed by atoms with Gasteiger partial charge in [0.15, 0.2) is 0 Å². The molecule has 1 aromatic carbocycles. The van der Waals surface area contributed by atoms with E-state index >= 15 is 0 Å². The molecule has 0 fully saturated rings. The molecule has 0 aliphatic carbocycles. The lowest BCUT2D eigenvalue weighted by atomic mass is 9.98. The fourth-order valence-electron chi connectivity index (χ4n) is 2.72. The van der Waals surface area contributed by atoms with Crippen molar-refractivity contribution in [2.45, 2.75) is 58.4 Å². The number of hydrogen-bond donors (Lipinski definition) is 1. The summed E-state index contributed by atoms with van der Waals surface area (Å²) in [5.41, 5.74) is 1.51. The molecule has 21 heavy (non-hydrogen) atoms. The van der Waals surface area contributed by atoms with Gasteiger partial charge in [0.25, 0.3) is 0 Å². The number of hydrogen-bond acceptors (Lipinski definition) is 2. The first kappa shape index (κ1) is 18.2. The Bertz CT molecular complexity index is 432. The number of nitrogens with one attached hydrogen (secondary N) is 1. The van der Waals surface area contributed by atoms with Gasteiger partial charge in [0.2, 0.25) is 0 Å². The molecule has 0 aliphatic rings. The predicted molar refractivity (Wildman–Crippen MR) is 96.1 cm³/mol. The summed E-state index contributed by atoms with van der Waals surface area (Å²) in [4.78, 5) is 0. The minimum absolute atomic E-state index is 0.179. The lowest BCUT2D eigenvalue weighted by Crippen LogP contribution is -2.41. The minimum Gasteiger partial charge on any atom is -0.496 e. The maximum Gasteiger partial charge on any atom is 0.122 e. The van der Waals surface area contributed by atoms with Crippen molar-refractivity contribution in [1.82, 2.24) is 5.32 Å². The number of methoxy groups -OCH3 is 1. The van der Waals surface area contributed by atoms with Gasteiger partial charge in [-0.15, -0.1) is 0 Å². The van der Waals surface area contributed by atoms with Crippen LogP contribution in [0.25, 0.3) is 0 Å². The van der Waals surface area contributed by atoms with Crippen LogP contribution in [0.2, 0.25) is 25.7 Å². The van der Waals surface area contributed by atoms with Crippen molar-refractivity contribution in [2.75, 3.05) is 13.7 Å². The zero-order valence-electron chi connectivity index (χ0n) is 14.9. The van der Waals surface area contributed by atoms with Crippen molar-refractivity contribution in [3.05, 3.63) is 29.8 Å². The van der Waals surface area contributed by atoms with Crippen molar-refractivity contribution >= 4 is 8.07 Å². The van der Waals surface area contributed by atoms with Gasteiger partial charge in [0.05, 0.1) is 7.11 Å². The van der Waals surface area contributed by atoms with Crippen LogP contribution >= 0.6 is 0 Å². The largest absolute Gasteiger partial charge is 0.496 e. The SMILES string of the molecule is COc1ccccc1CC(CNC(C)(C)C)C[Si](C)(C)C. The number of ether oxygens (including phenoxy) is 1. The van der Waals surface area contributed by atoms with E-state index in [4.69, 9.17) is 4.74 Å². The molecule has 0 saturated heterocycles. The second-order valence-corrected chi connectivity index (χ2v) is 13.8. The summed E-state index contributed by atoms with van der Waals surface area (Å²) in [6.07, 6.45) is 1.09. The fourth-order valence-corrected chi connectivity index (χ4v) is 4.74. The van der Waals surface area contributed by atoms with E-state index in [-0.39, 0.29) is 5.54 Å². The van der Waals surface area contributed by atoms with E-state index in [0.29, 0.717) is 5.92 Å². The normalized spacial score (nSPS) is 14.0. The maximum absolute atomic E-state index is 5.51. The molecule has 3 heteroatoms. The molecule has 0 amide bonds. The van der Waals surface area contributed by atoms with Crippen LogP contribution in [0.3, 0.4) is 0 Å². The summed E-state index contributed by atoms with van der Waals surface area (Å²) in [6, 6.07) is 9.77. The van der Waals surface area contributed by atoms with Crippen LogP contribution in [0.5, 0.6) is 5.75 Å². The zero-order valence-corrected chi connectivity index (χ0v) is 15.9. The predicted octanol–water partition coefficient (Wildman–Crippen LogP) is 4.58. The van der Waals surface area contributed by atoms with E-state index in [2.05, 4.69) is 63.9 Å². The van der Waals surface area contributed by atoms with Gasteiger partial charge in [-0.3, -0.25) is 0 Å². The number of rotatable bonds is 7. The van der Waals surface area contributed by atoms with Gasteiger partial charge in [-0.25, -0.2) is 0 Å². The van der Waals surface area contributed by atoms with Crippen molar-refractivity contribution in [3.8, 4) is 5.75 Å². The average Bonchev–Trinajstić information content (AvgIpc) is 2.34. The molecule has 1 atom stereocenters. The van der Waals surface area contributed by atoms with Gasteiger partial charge in [-0.05, 0) is 51.3 Å². The van der Waals surface area contributed by atoms with Crippen LogP contribution in [0.15, 0.2) is 24.3 Å². The Morgan fingerprint density at radius 3 is 2.29 bits per heavy atom. The van der Waals surface area contributed by atoms with Gasteiger partial charge in [0, 0.05) is 13.6 Å². The highest BCUT2D eigenvalue weighted by atomic mass is 28.3. The Hall–Kier alpha value is -0.803. The lowest BCUT2D eigenvalue weighted by molar-refractivity contribution is 0.373. The third kappa shape index (κ3) is 7.68. The quantitative estimate of drug-likeness (QED) is 0.744. The highest BCUT2D eigenvalue weighted by Crippen LogP contribution is 2.26. The van der Waals surface area contributed by atoms with Gasteiger partial charge < -0.3 is 10.1 Å². The molecule has 0 saturated carbocycles. The molecule has 0 radical (unpaired) electrons. The third-order valence-corrected chi connectivity index (χ3v) is 5.33. The lowest BCUT2D eigenvalue weighted by Gasteiger charge is -2.29. The van der Waals surface area contributed by atoms with Gasteiger partial charge >= 0.3 is 0 Å². The highest BCUT2D eigenvalue weighted by Gasteiger charge is 2.23. The minimum atomic E-state index is -1.08. The van der Waals surface area contributed by atoms with Gasteiger partial charge in [-0.2, -0.15) is 0 Å². The van der Waals surface area contributed by atoms with Crippen LogP contribution in [0.4, 0.5) is 0 Å². The van der Waals surface area contributed by atoms with Crippen molar-refractivity contribution in [3.63, 3.8) is 0 Å². The first-order valence-electron chi connectivity index (χ1n) is 7.98. The Labute approximate surface area is 132 Å². The summed E-state index contributed by atoms with van der Waals surface area (Å²) < 4.78 is 5.51. The monoisotopic (exact) mass is 307 g/mol. The average molecular weight is 308 g/mol. The first-order valence-corrected chi connectivity index (χ1v) is 11.7. The summed E-state index contributed by atoms with van der Waals surface area (Å²) in [6.45, 7) is 15.2. The summed E-state index contributed by atoms with van der Waals surface area (Å²) >= 11 is 0. The topological polar surface area (TPSA) is 21.3 Å². The Kier molecular flexibility index (Phi) is 6.48. The van der Waals surface area contributed by atoms with Crippen molar-refractivity contribution in [1.29, 1.82) is 0 Å². The third-order valence-electron chi connectivity index (χ3n) is 3.52. The van der Waals surface area contributed by atoms with Crippen LogP contribution in [0.1, 0.15) is 26.3 Å². The van der Waals surface area contributed by atoms with E-state index in [1.54, 1.807) is 7.11 Å². The maximum atomic E-state index is 5.51. The fraction of sp³-hybridized carbons (Fsp3) is 0.667. The van der Waals surface area contributed by atoms with Crippen LogP contribution < -0.4 is 10.1 Å². The van der Waals surface area contributed by atoms with E-state index in [0.717, 1.165) is 18.7 Å². The Morgan fingerprint density at radius 1 is 1.14 bits per heavy atom. The number of para-hydroxylation sites is 1. The Morgan fingerprint density at radius 2 is 1.76 bits per heavy atom. The summed E-state index contributed by atoms with van der Waals surface area (Å²) in [5, 5.41) is 3.68. The van der Waals surface area contributed by atoms with E-state index in [9.17, 15) is 0 Å². The van der Waals surface area contributed by atoms with Crippen LogP contribution in [0, 0.1) is 5.92 Å². The van der Waals surface area contributed by atoms with E-state index < -0.39 is 8.07 Å². The van der Waals surface area contributed by atoms with Gasteiger partial charge in [-0.1, -0.05) is 43.9 Å². The van der Waals surface area contributed by atoms with Crippen LogP contribution in [-0.4, -0.2) is 27.3 Å². The molecular formula is C18H33NOSi. The molecular weight excluding hydrogens is 274 g/mol. The summed E-state index contributed by atoms with van der Waals surface area (Å²) in [7, 11) is 0.685. The molecule has 2 nitrogen and oxygen atoms in total. The molecule has 1 aromatic rings.